The smallest absolute Gasteiger partial charge is 0.257 e. The van der Waals surface area contributed by atoms with E-state index in [4.69, 9.17) is 4.74 Å². The number of nitrogens with one attached hydrogen (secondary N) is 2. The van der Waals surface area contributed by atoms with Gasteiger partial charge in [0, 0.05) is 23.7 Å². The molecule has 2 N–H and O–H groups in total. The average molecular weight is 434 g/mol. The molecule has 0 saturated heterocycles. The number of anilines is 1. The number of aromatic nitrogens is 2. The van der Waals surface area contributed by atoms with E-state index in [-0.39, 0.29) is 17.9 Å². The highest BCUT2D eigenvalue weighted by Gasteiger charge is 2.32. The molecule has 3 aromatic rings. The van der Waals surface area contributed by atoms with Crippen molar-refractivity contribution in [1.82, 2.24) is 9.97 Å². The predicted molar refractivity (Wildman–Crippen MR) is 123 cm³/mol. The molecule has 6 nitrogen and oxygen atoms in total. The lowest BCUT2D eigenvalue weighted by atomic mass is 9.86. The number of amides is 1. The van der Waals surface area contributed by atoms with E-state index < -0.39 is 5.92 Å². The van der Waals surface area contributed by atoms with E-state index in [1.54, 1.807) is 6.08 Å². The van der Waals surface area contributed by atoms with Gasteiger partial charge in [-0.1, -0.05) is 66.9 Å². The number of nitrogens with zero attached hydrogens (tertiary/aromatic N) is 1. The molecule has 0 unspecified atom stereocenters. The Balaban J connectivity index is 1.67. The van der Waals surface area contributed by atoms with Crippen LogP contribution in [0.5, 0.6) is 5.75 Å². The van der Waals surface area contributed by atoms with E-state index in [0.717, 1.165) is 5.56 Å². The van der Waals surface area contributed by atoms with Gasteiger partial charge in [-0.15, -0.1) is 0 Å². The maximum absolute atomic E-state index is 13.1. The van der Waals surface area contributed by atoms with Gasteiger partial charge in [-0.2, -0.15) is 0 Å². The molecule has 0 bridgehead atoms. The van der Waals surface area contributed by atoms with E-state index in [1.807, 2.05) is 36.4 Å². The van der Waals surface area contributed by atoms with Gasteiger partial charge in [-0.05, 0) is 24.1 Å². The highest BCUT2D eigenvalue weighted by atomic mass is 32.2. The van der Waals surface area contributed by atoms with Crippen molar-refractivity contribution in [1.29, 1.82) is 0 Å². The Morgan fingerprint density at radius 2 is 1.97 bits per heavy atom. The monoisotopic (exact) mass is 433 g/mol. The van der Waals surface area contributed by atoms with Gasteiger partial charge in [-0.3, -0.25) is 9.59 Å². The first kappa shape index (κ1) is 20.9. The molecule has 4 rings (SSSR count). The molecule has 1 atom stereocenters. The number of fused-ring (bicyclic) bond motifs is 1. The first-order valence-corrected chi connectivity index (χ1v) is 11.0. The first-order chi connectivity index (χ1) is 15.1. The third-order valence-corrected chi connectivity index (χ3v) is 6.13. The Bertz CT molecular complexity index is 1190. The van der Waals surface area contributed by atoms with Gasteiger partial charge in [0.25, 0.3) is 5.56 Å². The SMILES string of the molecule is C=CCOc1ccccc1[C@H]1CC(=O)Nc2nc(SCc3ccccc3C)[nH]c(=O)c21. The summed E-state index contributed by atoms with van der Waals surface area (Å²) < 4.78 is 5.77. The van der Waals surface area contributed by atoms with E-state index in [0.29, 0.717) is 34.6 Å². The largest absolute Gasteiger partial charge is 0.489 e. The zero-order valence-corrected chi connectivity index (χ0v) is 18.0. The number of thioether (sulfide) groups is 1. The summed E-state index contributed by atoms with van der Waals surface area (Å²) in [6.07, 6.45) is 1.81. The molecule has 158 valence electrons. The van der Waals surface area contributed by atoms with Gasteiger partial charge >= 0.3 is 0 Å². The molecule has 7 heteroatoms. The third kappa shape index (κ3) is 4.56. The minimum absolute atomic E-state index is 0.155. The summed E-state index contributed by atoms with van der Waals surface area (Å²) in [5.41, 5.74) is 3.34. The lowest BCUT2D eigenvalue weighted by Crippen LogP contribution is -2.31. The molecule has 2 heterocycles. The topological polar surface area (TPSA) is 84.1 Å². The normalized spacial score (nSPS) is 15.1. The third-order valence-electron chi connectivity index (χ3n) is 5.21. The summed E-state index contributed by atoms with van der Waals surface area (Å²) >= 11 is 1.43. The summed E-state index contributed by atoms with van der Waals surface area (Å²) in [6, 6.07) is 15.5. The van der Waals surface area contributed by atoms with Crippen molar-refractivity contribution in [3.05, 3.63) is 93.8 Å². The van der Waals surface area contributed by atoms with Crippen molar-refractivity contribution in [2.24, 2.45) is 0 Å². The Kier molecular flexibility index (Phi) is 6.23. The predicted octanol–water partition coefficient (Wildman–Crippen LogP) is 4.41. The second-order valence-corrected chi connectivity index (χ2v) is 8.25. The standard InChI is InChI=1S/C24H23N3O3S/c1-3-12-30-19-11-7-6-10-17(19)18-13-20(28)25-22-21(18)23(29)27-24(26-22)31-14-16-9-5-4-8-15(16)2/h3-11,18H,1,12-14H2,2H3,(H2,25,26,27,28,29)/t18-/m1/s1. The number of para-hydroxylation sites is 1. The molecule has 0 radical (unpaired) electrons. The Morgan fingerprint density at radius 1 is 1.19 bits per heavy atom. The van der Waals surface area contributed by atoms with Gasteiger partial charge in [0.05, 0.1) is 5.56 Å². The van der Waals surface area contributed by atoms with Crippen LogP contribution in [0, 0.1) is 6.92 Å². The van der Waals surface area contributed by atoms with Crippen molar-refractivity contribution in [2.75, 3.05) is 11.9 Å². The Morgan fingerprint density at radius 3 is 2.77 bits per heavy atom. The maximum Gasteiger partial charge on any atom is 0.257 e. The molecule has 0 fully saturated rings. The fourth-order valence-corrected chi connectivity index (χ4v) is 4.59. The van der Waals surface area contributed by atoms with Crippen LogP contribution >= 0.6 is 11.8 Å². The van der Waals surface area contributed by atoms with Gasteiger partial charge in [0.2, 0.25) is 5.91 Å². The average Bonchev–Trinajstić information content (AvgIpc) is 2.76. The lowest BCUT2D eigenvalue weighted by Gasteiger charge is -2.26. The van der Waals surface area contributed by atoms with E-state index in [2.05, 4.69) is 40.9 Å². The fraction of sp³-hybridized carbons (Fsp3) is 0.208. The van der Waals surface area contributed by atoms with E-state index in [1.165, 1.54) is 22.9 Å². The molecule has 1 aliphatic heterocycles. The van der Waals surface area contributed by atoms with Crippen LogP contribution in [-0.4, -0.2) is 22.5 Å². The van der Waals surface area contributed by atoms with E-state index in [9.17, 15) is 9.59 Å². The number of rotatable bonds is 7. The number of hydrogen-bond acceptors (Lipinski definition) is 5. The minimum atomic E-state index is -0.434. The van der Waals surface area contributed by atoms with Crippen LogP contribution in [-0.2, 0) is 10.5 Å². The molecular formula is C24H23N3O3S. The molecule has 2 aromatic carbocycles. The highest BCUT2D eigenvalue weighted by Crippen LogP contribution is 2.38. The zero-order valence-electron chi connectivity index (χ0n) is 17.2. The molecule has 1 amide bonds. The molecule has 0 saturated carbocycles. The molecular weight excluding hydrogens is 410 g/mol. The maximum atomic E-state index is 13.1. The fourth-order valence-electron chi connectivity index (χ4n) is 3.65. The molecule has 1 aromatic heterocycles. The van der Waals surface area contributed by atoms with E-state index >= 15 is 0 Å². The van der Waals surface area contributed by atoms with Crippen LogP contribution in [0.2, 0.25) is 0 Å². The molecule has 0 spiro atoms. The number of aromatic amines is 1. The van der Waals surface area contributed by atoms with Gasteiger partial charge in [0.1, 0.15) is 18.2 Å². The quantitative estimate of drug-likeness (QED) is 0.328. The number of H-pyrrole nitrogens is 1. The summed E-state index contributed by atoms with van der Waals surface area (Å²) in [7, 11) is 0. The van der Waals surface area contributed by atoms with Crippen LogP contribution in [0.25, 0.3) is 0 Å². The molecule has 0 aliphatic carbocycles. The van der Waals surface area contributed by atoms with Crippen molar-refractivity contribution < 1.29 is 9.53 Å². The number of hydrogen-bond donors (Lipinski definition) is 2. The second kappa shape index (κ2) is 9.22. The number of benzene rings is 2. The van der Waals surface area contributed by atoms with Crippen LogP contribution in [0.1, 0.15) is 34.6 Å². The Hall–Kier alpha value is -3.32. The van der Waals surface area contributed by atoms with Gasteiger partial charge < -0.3 is 15.0 Å². The van der Waals surface area contributed by atoms with Crippen LogP contribution in [0.15, 0.2) is 71.1 Å². The number of carbonyl (C=O) groups is 1. The van der Waals surface area contributed by atoms with Crippen LogP contribution in [0.4, 0.5) is 5.82 Å². The second-order valence-electron chi connectivity index (χ2n) is 7.29. The van der Waals surface area contributed by atoms with Crippen molar-refractivity contribution in [3.63, 3.8) is 0 Å². The van der Waals surface area contributed by atoms with Crippen LogP contribution < -0.4 is 15.6 Å². The summed E-state index contributed by atoms with van der Waals surface area (Å²) in [6.45, 7) is 6.07. The zero-order chi connectivity index (χ0) is 21.8. The number of aryl methyl sites for hydroxylation is 1. The highest BCUT2D eigenvalue weighted by molar-refractivity contribution is 7.98. The van der Waals surface area contributed by atoms with Crippen molar-refractivity contribution >= 4 is 23.5 Å². The van der Waals surface area contributed by atoms with Crippen LogP contribution in [0.3, 0.4) is 0 Å². The van der Waals surface area contributed by atoms with Crippen molar-refractivity contribution in [2.45, 2.75) is 30.2 Å². The number of ether oxygens (including phenoxy) is 1. The summed E-state index contributed by atoms with van der Waals surface area (Å²) in [5.74, 6) is 1.01. The van der Waals surface area contributed by atoms with Gasteiger partial charge in [-0.25, -0.2) is 4.98 Å². The first-order valence-electron chi connectivity index (χ1n) is 10.0. The van der Waals surface area contributed by atoms with Gasteiger partial charge in [0.15, 0.2) is 5.16 Å². The number of carbonyl (C=O) groups excluding carboxylic acids is 1. The molecule has 31 heavy (non-hydrogen) atoms. The van der Waals surface area contributed by atoms with Crippen molar-refractivity contribution in [3.8, 4) is 5.75 Å². The Labute approximate surface area is 184 Å². The molecule has 1 aliphatic rings. The summed E-state index contributed by atoms with van der Waals surface area (Å²) in [4.78, 5) is 33.0. The lowest BCUT2D eigenvalue weighted by molar-refractivity contribution is -0.116. The minimum Gasteiger partial charge on any atom is -0.489 e. The summed E-state index contributed by atoms with van der Waals surface area (Å²) in [5, 5.41) is 3.25.